The molecule has 2 aromatic carbocycles. The molecule has 1 heterocycles. The van der Waals surface area contributed by atoms with Gasteiger partial charge in [0.2, 0.25) is 5.91 Å². The van der Waals surface area contributed by atoms with Crippen molar-refractivity contribution in [1.29, 1.82) is 0 Å². The number of amides is 1. The van der Waals surface area contributed by atoms with Crippen LogP contribution >= 0.6 is 0 Å². The minimum atomic E-state index is -5.01. The van der Waals surface area contributed by atoms with Gasteiger partial charge < -0.3 is 10.1 Å². The van der Waals surface area contributed by atoms with Crippen molar-refractivity contribution in [3.8, 4) is 0 Å². The van der Waals surface area contributed by atoms with Crippen molar-refractivity contribution in [1.82, 2.24) is 10.2 Å². The molecule has 1 aliphatic heterocycles. The Labute approximate surface area is 248 Å². The minimum Gasteiger partial charge on any atom is -0.466 e. The normalized spacial score (nSPS) is 26.0. The van der Waals surface area contributed by atoms with Crippen molar-refractivity contribution < 1.29 is 40.7 Å². The van der Waals surface area contributed by atoms with E-state index in [1.165, 1.54) is 6.92 Å². The van der Waals surface area contributed by atoms with Crippen molar-refractivity contribution in [3.05, 3.63) is 70.8 Å². The SMILES string of the molecule is CCOC(=O)[C@]1(C)CCCN(C2CCC(NC(=O)C(C)c3cc(C(F)(F)F)cc(C(F)(F)F)c3)(c3ccccc3)CC2)C1. The molecule has 1 saturated carbocycles. The first-order chi connectivity index (χ1) is 20.1. The predicted octanol–water partition coefficient (Wildman–Crippen LogP) is 7.45. The molecule has 0 aromatic heterocycles. The van der Waals surface area contributed by atoms with E-state index in [9.17, 15) is 35.9 Å². The van der Waals surface area contributed by atoms with Crippen molar-refractivity contribution in [3.63, 3.8) is 0 Å². The molecule has 2 aliphatic rings. The average Bonchev–Trinajstić information content (AvgIpc) is 2.96. The molecule has 2 fully saturated rings. The molecular formula is C32H38F6N2O3. The van der Waals surface area contributed by atoms with Crippen LogP contribution in [0.15, 0.2) is 48.5 Å². The number of rotatable bonds is 7. The van der Waals surface area contributed by atoms with E-state index in [4.69, 9.17) is 4.74 Å². The number of nitrogens with one attached hydrogen (secondary N) is 1. The molecule has 11 heteroatoms. The number of piperidine rings is 1. The highest BCUT2D eigenvalue weighted by Crippen LogP contribution is 2.43. The molecule has 2 aromatic rings. The van der Waals surface area contributed by atoms with Crippen LogP contribution in [0.3, 0.4) is 0 Å². The lowest BCUT2D eigenvalue weighted by atomic mass is 9.73. The van der Waals surface area contributed by atoms with Gasteiger partial charge in [-0.25, -0.2) is 0 Å². The van der Waals surface area contributed by atoms with Crippen LogP contribution in [-0.4, -0.2) is 42.5 Å². The maximum absolute atomic E-state index is 13.6. The maximum Gasteiger partial charge on any atom is 0.416 e. The number of halogens is 6. The third kappa shape index (κ3) is 7.36. The highest BCUT2D eigenvalue weighted by molar-refractivity contribution is 5.84. The van der Waals surface area contributed by atoms with Crippen LogP contribution in [-0.2, 0) is 32.2 Å². The topological polar surface area (TPSA) is 58.6 Å². The molecule has 4 rings (SSSR count). The van der Waals surface area contributed by atoms with Gasteiger partial charge in [-0.3, -0.25) is 14.5 Å². The molecule has 43 heavy (non-hydrogen) atoms. The van der Waals surface area contributed by atoms with Gasteiger partial charge in [0.25, 0.3) is 0 Å². The molecule has 0 radical (unpaired) electrons. The van der Waals surface area contributed by atoms with Crippen molar-refractivity contribution in [2.24, 2.45) is 5.41 Å². The lowest BCUT2D eigenvalue weighted by Crippen LogP contribution is -2.55. The smallest absolute Gasteiger partial charge is 0.416 e. The molecule has 2 atom stereocenters. The van der Waals surface area contributed by atoms with Crippen molar-refractivity contribution in [2.75, 3.05) is 19.7 Å². The van der Waals surface area contributed by atoms with Gasteiger partial charge in [-0.2, -0.15) is 26.3 Å². The summed E-state index contributed by atoms with van der Waals surface area (Å²) < 4.78 is 86.2. The zero-order valence-electron chi connectivity index (χ0n) is 24.6. The van der Waals surface area contributed by atoms with E-state index in [1.54, 1.807) is 6.92 Å². The predicted molar refractivity (Wildman–Crippen MR) is 149 cm³/mol. The van der Waals surface area contributed by atoms with Crippen LogP contribution in [0.4, 0.5) is 26.3 Å². The summed E-state index contributed by atoms with van der Waals surface area (Å²) >= 11 is 0. The summed E-state index contributed by atoms with van der Waals surface area (Å²) in [7, 11) is 0. The van der Waals surface area contributed by atoms with Crippen molar-refractivity contribution >= 4 is 11.9 Å². The van der Waals surface area contributed by atoms with E-state index < -0.39 is 46.3 Å². The molecule has 1 unspecified atom stereocenters. The van der Waals surface area contributed by atoms with Crippen molar-refractivity contribution in [2.45, 2.75) is 89.1 Å². The molecule has 1 N–H and O–H groups in total. The summed E-state index contributed by atoms with van der Waals surface area (Å²) in [4.78, 5) is 28.6. The molecular weight excluding hydrogens is 574 g/mol. The fourth-order valence-electron chi connectivity index (χ4n) is 6.49. The molecule has 1 saturated heterocycles. The Kier molecular flexibility index (Phi) is 9.54. The number of carbonyl (C=O) groups excluding carboxylic acids is 2. The van der Waals surface area contributed by atoms with Crippen LogP contribution in [0.1, 0.15) is 87.5 Å². The van der Waals surface area contributed by atoms with Gasteiger partial charge in [0.15, 0.2) is 0 Å². The quantitative estimate of drug-likeness (QED) is 0.261. The van der Waals surface area contributed by atoms with Gasteiger partial charge in [0.1, 0.15) is 0 Å². The van der Waals surface area contributed by atoms with E-state index in [0.717, 1.165) is 24.9 Å². The van der Waals surface area contributed by atoms with E-state index in [1.807, 2.05) is 37.3 Å². The van der Waals surface area contributed by atoms with Crippen LogP contribution < -0.4 is 5.32 Å². The Morgan fingerprint density at radius 1 is 0.977 bits per heavy atom. The molecule has 1 aliphatic carbocycles. The second-order valence-electron chi connectivity index (χ2n) is 12.1. The molecule has 236 valence electrons. The fraction of sp³-hybridized carbons (Fsp3) is 0.562. The minimum absolute atomic E-state index is 0.0639. The first-order valence-corrected chi connectivity index (χ1v) is 14.7. The van der Waals surface area contributed by atoms with E-state index in [-0.39, 0.29) is 23.6 Å². The number of ether oxygens (including phenoxy) is 1. The second-order valence-corrected chi connectivity index (χ2v) is 12.1. The highest BCUT2D eigenvalue weighted by Gasteiger charge is 2.45. The van der Waals surface area contributed by atoms with Crippen LogP contribution in [0.5, 0.6) is 0 Å². The number of alkyl halides is 6. The molecule has 1 amide bonds. The number of nitrogens with zero attached hydrogens (tertiary/aromatic N) is 1. The number of esters is 1. The van der Waals surface area contributed by atoms with Crippen LogP contribution in [0.2, 0.25) is 0 Å². The van der Waals surface area contributed by atoms with E-state index in [2.05, 4.69) is 10.2 Å². The first kappa shape index (κ1) is 32.8. The zero-order chi connectivity index (χ0) is 31.6. The summed E-state index contributed by atoms with van der Waals surface area (Å²) in [5.41, 5.74) is -3.89. The summed E-state index contributed by atoms with van der Waals surface area (Å²) in [6, 6.07) is 10.7. The fourth-order valence-corrected chi connectivity index (χ4v) is 6.49. The van der Waals surface area contributed by atoms with Gasteiger partial charge in [0, 0.05) is 12.6 Å². The Bertz CT molecular complexity index is 1260. The van der Waals surface area contributed by atoms with Gasteiger partial charge in [-0.15, -0.1) is 0 Å². The number of benzene rings is 2. The summed E-state index contributed by atoms with van der Waals surface area (Å²) in [6.07, 6.45) is -6.02. The average molecular weight is 613 g/mol. The van der Waals surface area contributed by atoms with Crippen LogP contribution in [0.25, 0.3) is 0 Å². The number of carbonyl (C=O) groups is 2. The largest absolute Gasteiger partial charge is 0.466 e. The Hall–Kier alpha value is -3.08. The summed E-state index contributed by atoms with van der Waals surface area (Å²) in [6.45, 7) is 6.73. The van der Waals surface area contributed by atoms with E-state index in [0.29, 0.717) is 51.0 Å². The van der Waals surface area contributed by atoms with Crippen LogP contribution in [0, 0.1) is 5.41 Å². The molecule has 0 spiro atoms. The lowest BCUT2D eigenvalue weighted by molar-refractivity contribution is -0.158. The number of likely N-dealkylation sites (tertiary alicyclic amines) is 1. The zero-order valence-corrected chi connectivity index (χ0v) is 24.6. The first-order valence-electron chi connectivity index (χ1n) is 14.7. The Morgan fingerprint density at radius 2 is 1.56 bits per heavy atom. The van der Waals surface area contributed by atoms with Gasteiger partial charge >= 0.3 is 18.3 Å². The lowest BCUT2D eigenvalue weighted by Gasteiger charge is -2.48. The highest BCUT2D eigenvalue weighted by atomic mass is 19.4. The third-order valence-electron chi connectivity index (χ3n) is 9.01. The Balaban J connectivity index is 1.56. The maximum atomic E-state index is 13.6. The standard InChI is InChI=1S/C32H38F6N2O3/c1-4-43-28(42)29(3)13-8-16-40(20-29)26-11-14-30(15-12-26,23-9-6-5-7-10-23)39-27(41)21(2)22-17-24(31(33,34)35)19-25(18-22)32(36,37)38/h5-7,9-10,17-19,21,26H,4,8,11-16,20H2,1-3H3,(H,39,41)/t21?,26?,29-,30?/m1/s1. The Morgan fingerprint density at radius 3 is 2.09 bits per heavy atom. The summed E-state index contributed by atoms with van der Waals surface area (Å²) in [5.74, 6) is -2.13. The molecule has 0 bridgehead atoms. The van der Waals surface area contributed by atoms with Gasteiger partial charge in [-0.05, 0) is 95.2 Å². The number of hydrogen-bond donors (Lipinski definition) is 1. The third-order valence-corrected chi connectivity index (χ3v) is 9.01. The van der Waals surface area contributed by atoms with Gasteiger partial charge in [-0.1, -0.05) is 30.3 Å². The summed E-state index contributed by atoms with van der Waals surface area (Å²) in [5, 5.41) is 3.04. The number of hydrogen-bond acceptors (Lipinski definition) is 4. The molecule has 5 nitrogen and oxygen atoms in total. The monoisotopic (exact) mass is 612 g/mol. The van der Waals surface area contributed by atoms with Gasteiger partial charge in [0.05, 0.1) is 34.6 Å². The second kappa shape index (κ2) is 12.5. The van der Waals surface area contributed by atoms with E-state index >= 15 is 0 Å².